The predicted molar refractivity (Wildman–Crippen MR) is 147 cm³/mol. The van der Waals surface area contributed by atoms with Crippen LogP contribution >= 0.6 is 0 Å². The molecule has 0 radical (unpaired) electrons. The lowest BCUT2D eigenvalue weighted by molar-refractivity contribution is -0.136. The van der Waals surface area contributed by atoms with Gasteiger partial charge in [-0.05, 0) is 79.6 Å². The summed E-state index contributed by atoms with van der Waals surface area (Å²) in [5.74, 6) is 0.653. The molecule has 8 nitrogen and oxygen atoms in total. The van der Waals surface area contributed by atoms with E-state index in [0.717, 1.165) is 11.1 Å². The third kappa shape index (κ3) is 6.42. The van der Waals surface area contributed by atoms with Gasteiger partial charge < -0.3 is 23.9 Å². The van der Waals surface area contributed by atoms with E-state index in [1.165, 1.54) is 0 Å². The minimum absolute atomic E-state index is 0.172. The van der Waals surface area contributed by atoms with Gasteiger partial charge in [0.1, 0.15) is 22.8 Å². The van der Waals surface area contributed by atoms with Crippen molar-refractivity contribution in [2.24, 2.45) is 0 Å². The van der Waals surface area contributed by atoms with Gasteiger partial charge in [0.05, 0.1) is 5.56 Å². The van der Waals surface area contributed by atoms with E-state index in [2.05, 4.69) is 10.3 Å². The Morgan fingerprint density at radius 2 is 1.44 bits per heavy atom. The Labute approximate surface area is 225 Å². The van der Waals surface area contributed by atoms with E-state index < -0.39 is 5.97 Å². The van der Waals surface area contributed by atoms with Crippen molar-refractivity contribution in [2.75, 3.05) is 18.5 Å². The number of aromatic nitrogens is 1. The van der Waals surface area contributed by atoms with Gasteiger partial charge in [-0.3, -0.25) is 4.79 Å². The number of nitrogens with zero attached hydrogens (tertiary/aromatic N) is 1. The van der Waals surface area contributed by atoms with Crippen LogP contribution in [-0.2, 0) is 9.59 Å². The Bertz CT molecular complexity index is 1570. The molecule has 1 heterocycles. The van der Waals surface area contributed by atoms with Gasteiger partial charge >= 0.3 is 5.97 Å². The average Bonchev–Trinajstić information content (AvgIpc) is 3.35. The molecule has 0 aliphatic carbocycles. The lowest BCUT2D eigenvalue weighted by Crippen LogP contribution is -2.20. The van der Waals surface area contributed by atoms with Crippen molar-refractivity contribution in [2.45, 2.75) is 13.8 Å². The Hall–Kier alpha value is -5.11. The average molecular weight is 523 g/mol. The van der Waals surface area contributed by atoms with Crippen molar-refractivity contribution < 1.29 is 28.2 Å². The molecule has 1 N–H and O–H groups in total. The molecule has 8 heteroatoms. The number of fused-ring (bicyclic) bond motifs is 1. The van der Waals surface area contributed by atoms with Crippen molar-refractivity contribution in [1.82, 2.24) is 4.98 Å². The zero-order chi connectivity index (χ0) is 27.2. The van der Waals surface area contributed by atoms with Crippen molar-refractivity contribution >= 4 is 28.7 Å². The predicted octanol–water partition coefficient (Wildman–Crippen LogP) is 6.11. The van der Waals surface area contributed by atoms with Crippen LogP contribution in [0.4, 0.5) is 5.69 Å². The van der Waals surface area contributed by atoms with Gasteiger partial charge in [-0.25, -0.2) is 9.78 Å². The smallest absolute Gasteiger partial charge is 0.349 e. The number of hydrogen-bond donors (Lipinski definition) is 1. The fraction of sp³-hybridized carbons (Fsp3) is 0.129. The molecule has 5 aromatic rings. The molecule has 0 aliphatic heterocycles. The second-order valence-electron chi connectivity index (χ2n) is 8.86. The highest BCUT2D eigenvalue weighted by molar-refractivity contribution is 5.93. The Morgan fingerprint density at radius 3 is 2.13 bits per heavy atom. The molecule has 39 heavy (non-hydrogen) atoms. The molecule has 0 unspecified atom stereocenters. The maximum Gasteiger partial charge on any atom is 0.349 e. The van der Waals surface area contributed by atoms with E-state index >= 15 is 0 Å². The van der Waals surface area contributed by atoms with Crippen LogP contribution in [-0.4, -0.2) is 30.1 Å². The highest BCUT2D eigenvalue weighted by Crippen LogP contribution is 2.35. The van der Waals surface area contributed by atoms with Crippen LogP contribution in [0.15, 0.2) is 95.4 Å². The second-order valence-corrected chi connectivity index (χ2v) is 8.86. The van der Waals surface area contributed by atoms with E-state index in [1.54, 1.807) is 42.5 Å². The first-order valence-corrected chi connectivity index (χ1v) is 12.3. The fourth-order valence-corrected chi connectivity index (χ4v) is 3.83. The molecule has 0 aliphatic rings. The standard InChI is InChI=1S/C31H26N2O6/c1-20-15-26-28(16-21(20)2)39-31(33-26)25-17-22(32-29(34)18-36-23-9-5-3-6-10-23)13-14-27(25)38-30(35)19-37-24-11-7-4-8-12-24/h3-17H,18-19H2,1-2H3,(H,32,34). The lowest BCUT2D eigenvalue weighted by Gasteiger charge is -2.12. The molecule has 1 aromatic heterocycles. The summed E-state index contributed by atoms with van der Waals surface area (Å²) in [5.41, 5.74) is 4.27. The Balaban J connectivity index is 1.38. The number of para-hydroxylation sites is 2. The van der Waals surface area contributed by atoms with Crippen molar-refractivity contribution in [3.8, 4) is 28.7 Å². The number of hydrogen-bond acceptors (Lipinski definition) is 7. The number of amides is 1. The molecule has 0 bridgehead atoms. The lowest BCUT2D eigenvalue weighted by atomic mass is 10.1. The van der Waals surface area contributed by atoms with Gasteiger partial charge in [0.15, 0.2) is 18.8 Å². The number of rotatable bonds is 9. The first-order valence-electron chi connectivity index (χ1n) is 12.3. The van der Waals surface area contributed by atoms with Crippen LogP contribution in [0.2, 0.25) is 0 Å². The van der Waals surface area contributed by atoms with E-state index in [4.69, 9.17) is 18.6 Å². The number of oxazole rings is 1. The molecule has 0 spiro atoms. The SMILES string of the molecule is Cc1cc2nc(-c3cc(NC(=O)COc4ccccc4)ccc3OC(=O)COc3ccccc3)oc2cc1C. The normalized spacial score (nSPS) is 10.7. The number of benzene rings is 4. The number of esters is 1. The maximum atomic E-state index is 12.6. The largest absolute Gasteiger partial charge is 0.484 e. The number of nitrogens with one attached hydrogen (secondary N) is 1. The van der Waals surface area contributed by atoms with Crippen LogP contribution in [0.25, 0.3) is 22.6 Å². The highest BCUT2D eigenvalue weighted by Gasteiger charge is 2.19. The summed E-state index contributed by atoms with van der Waals surface area (Å²) in [6, 6.07) is 26.7. The third-order valence-electron chi connectivity index (χ3n) is 5.93. The molecule has 1 amide bonds. The van der Waals surface area contributed by atoms with Crippen molar-refractivity contribution in [3.63, 3.8) is 0 Å². The minimum Gasteiger partial charge on any atom is -0.484 e. The zero-order valence-corrected chi connectivity index (χ0v) is 21.5. The van der Waals surface area contributed by atoms with Gasteiger partial charge in [-0.1, -0.05) is 36.4 Å². The van der Waals surface area contributed by atoms with Gasteiger partial charge in [-0.2, -0.15) is 0 Å². The minimum atomic E-state index is -0.601. The first-order chi connectivity index (χ1) is 18.9. The maximum absolute atomic E-state index is 12.6. The zero-order valence-electron chi connectivity index (χ0n) is 21.5. The summed E-state index contributed by atoms with van der Waals surface area (Å²) in [6.07, 6.45) is 0. The van der Waals surface area contributed by atoms with E-state index in [-0.39, 0.29) is 30.8 Å². The molecular weight excluding hydrogens is 496 g/mol. The topological polar surface area (TPSA) is 99.9 Å². The number of carbonyl (C=O) groups excluding carboxylic acids is 2. The van der Waals surface area contributed by atoms with Crippen LogP contribution in [0.1, 0.15) is 11.1 Å². The molecular formula is C31H26N2O6. The van der Waals surface area contributed by atoms with E-state index in [0.29, 0.717) is 33.8 Å². The summed E-state index contributed by atoms with van der Waals surface area (Å²) < 4.78 is 22.7. The van der Waals surface area contributed by atoms with Crippen molar-refractivity contribution in [1.29, 1.82) is 0 Å². The summed E-state index contributed by atoms with van der Waals surface area (Å²) in [4.78, 5) is 29.8. The van der Waals surface area contributed by atoms with E-state index in [1.807, 2.05) is 62.4 Å². The van der Waals surface area contributed by atoms with Gasteiger partial charge in [0.2, 0.25) is 5.89 Å². The van der Waals surface area contributed by atoms with Crippen molar-refractivity contribution in [3.05, 3.63) is 102 Å². The monoisotopic (exact) mass is 522 g/mol. The molecule has 5 rings (SSSR count). The first kappa shape index (κ1) is 25.5. The van der Waals surface area contributed by atoms with Gasteiger partial charge in [-0.15, -0.1) is 0 Å². The summed E-state index contributed by atoms with van der Waals surface area (Å²) in [6.45, 7) is 3.53. The Kier molecular flexibility index (Phi) is 7.54. The Morgan fingerprint density at radius 1 is 0.795 bits per heavy atom. The number of carbonyl (C=O) groups is 2. The van der Waals surface area contributed by atoms with Crippen LogP contribution in [0.3, 0.4) is 0 Å². The molecule has 0 saturated carbocycles. The van der Waals surface area contributed by atoms with Crippen LogP contribution in [0.5, 0.6) is 17.2 Å². The summed E-state index contributed by atoms with van der Waals surface area (Å²) in [7, 11) is 0. The third-order valence-corrected chi connectivity index (χ3v) is 5.93. The van der Waals surface area contributed by atoms with Gasteiger partial charge in [0, 0.05) is 5.69 Å². The number of anilines is 1. The molecule has 0 saturated heterocycles. The van der Waals surface area contributed by atoms with E-state index in [9.17, 15) is 9.59 Å². The van der Waals surface area contributed by atoms with Crippen LogP contribution < -0.4 is 19.5 Å². The second kappa shape index (κ2) is 11.5. The molecule has 4 aromatic carbocycles. The highest BCUT2D eigenvalue weighted by atomic mass is 16.6. The summed E-state index contributed by atoms with van der Waals surface area (Å²) in [5, 5.41) is 2.80. The quantitative estimate of drug-likeness (QED) is 0.184. The fourth-order valence-electron chi connectivity index (χ4n) is 3.83. The van der Waals surface area contributed by atoms with Crippen LogP contribution in [0, 0.1) is 13.8 Å². The number of aryl methyl sites for hydroxylation is 2. The molecule has 0 fully saturated rings. The van der Waals surface area contributed by atoms with Gasteiger partial charge in [0.25, 0.3) is 5.91 Å². The summed E-state index contributed by atoms with van der Waals surface area (Å²) >= 11 is 0. The molecule has 196 valence electrons. The molecule has 0 atom stereocenters. The number of ether oxygens (including phenoxy) is 3.